The van der Waals surface area contributed by atoms with Gasteiger partial charge in [0.15, 0.2) is 0 Å². The van der Waals surface area contributed by atoms with Crippen molar-refractivity contribution < 1.29 is 14.3 Å². The summed E-state index contributed by atoms with van der Waals surface area (Å²) < 4.78 is 10.6. The first kappa shape index (κ1) is 18.4. The molecular formula is C15H31NO3. The van der Waals surface area contributed by atoms with Gasteiger partial charge in [0.1, 0.15) is 6.04 Å². The third-order valence-electron chi connectivity index (χ3n) is 2.95. The largest absolute Gasteiger partial charge is 0.465 e. The Hall–Kier alpha value is -0.610. The van der Waals surface area contributed by atoms with Gasteiger partial charge in [-0.3, -0.25) is 4.79 Å². The van der Waals surface area contributed by atoms with E-state index in [4.69, 9.17) is 9.47 Å². The number of esters is 1. The number of carbonyl (C=O) groups excluding carboxylic acids is 1. The minimum atomic E-state index is -0.329. The van der Waals surface area contributed by atoms with E-state index in [0.29, 0.717) is 13.2 Å². The summed E-state index contributed by atoms with van der Waals surface area (Å²) in [7, 11) is 0. The molecular weight excluding hydrogens is 242 g/mol. The lowest BCUT2D eigenvalue weighted by Crippen LogP contribution is -2.41. The van der Waals surface area contributed by atoms with Gasteiger partial charge in [0.25, 0.3) is 0 Å². The summed E-state index contributed by atoms with van der Waals surface area (Å²) >= 11 is 0. The standard InChI is InChI=1S/C15H31NO3/c1-4-7-8-9-10-11-12-18-13-14(16-5-2)15(17)19-6-3/h14,16H,4-13H2,1-3H3. The Bertz CT molecular complexity index is 210. The third-order valence-corrected chi connectivity index (χ3v) is 2.95. The van der Waals surface area contributed by atoms with E-state index in [0.717, 1.165) is 19.6 Å². The normalized spacial score (nSPS) is 12.4. The lowest BCUT2D eigenvalue weighted by atomic mass is 10.1. The molecule has 0 bridgehead atoms. The minimum Gasteiger partial charge on any atom is -0.465 e. The molecule has 19 heavy (non-hydrogen) atoms. The van der Waals surface area contributed by atoms with Gasteiger partial charge >= 0.3 is 5.97 Å². The number of nitrogens with one attached hydrogen (secondary N) is 1. The highest BCUT2D eigenvalue weighted by Crippen LogP contribution is 2.05. The van der Waals surface area contributed by atoms with Gasteiger partial charge < -0.3 is 14.8 Å². The number of carbonyl (C=O) groups is 1. The molecule has 1 unspecified atom stereocenters. The molecule has 0 aliphatic carbocycles. The van der Waals surface area contributed by atoms with Crippen LogP contribution in [-0.4, -0.2) is 38.4 Å². The topological polar surface area (TPSA) is 47.6 Å². The summed E-state index contributed by atoms with van der Waals surface area (Å²) in [5.41, 5.74) is 0. The monoisotopic (exact) mass is 273 g/mol. The fourth-order valence-corrected chi connectivity index (χ4v) is 1.89. The highest BCUT2D eigenvalue weighted by molar-refractivity contribution is 5.75. The molecule has 0 aromatic rings. The van der Waals surface area contributed by atoms with Crippen LogP contribution in [-0.2, 0) is 14.3 Å². The van der Waals surface area contributed by atoms with Gasteiger partial charge in [0.05, 0.1) is 13.2 Å². The molecule has 0 aliphatic heterocycles. The van der Waals surface area contributed by atoms with Crippen molar-refractivity contribution >= 4 is 5.97 Å². The molecule has 0 spiro atoms. The summed E-state index contributed by atoms with van der Waals surface area (Å²) in [5.74, 6) is -0.215. The number of ether oxygens (including phenoxy) is 2. The molecule has 0 fully saturated rings. The van der Waals surface area contributed by atoms with Crippen LogP contribution in [0.15, 0.2) is 0 Å². The molecule has 0 aromatic heterocycles. The van der Waals surface area contributed by atoms with E-state index >= 15 is 0 Å². The molecule has 0 saturated heterocycles. The molecule has 0 aromatic carbocycles. The predicted octanol–water partition coefficient (Wildman–Crippen LogP) is 2.90. The van der Waals surface area contributed by atoms with Crippen LogP contribution < -0.4 is 5.32 Å². The Balaban J connectivity index is 3.55. The van der Waals surface area contributed by atoms with Crippen LogP contribution in [0.5, 0.6) is 0 Å². The molecule has 0 saturated carbocycles. The fraction of sp³-hybridized carbons (Fsp3) is 0.933. The van der Waals surface area contributed by atoms with E-state index in [9.17, 15) is 4.79 Å². The molecule has 4 nitrogen and oxygen atoms in total. The van der Waals surface area contributed by atoms with Crippen molar-refractivity contribution in [3.63, 3.8) is 0 Å². The second kappa shape index (κ2) is 13.8. The van der Waals surface area contributed by atoms with Crippen LogP contribution in [0.1, 0.15) is 59.3 Å². The van der Waals surface area contributed by atoms with Gasteiger partial charge in [-0.05, 0) is 19.9 Å². The lowest BCUT2D eigenvalue weighted by Gasteiger charge is -2.16. The van der Waals surface area contributed by atoms with Crippen molar-refractivity contribution in [2.45, 2.75) is 65.3 Å². The quantitative estimate of drug-likeness (QED) is 0.414. The SMILES string of the molecule is CCCCCCCCOCC(NCC)C(=O)OCC. The summed E-state index contributed by atoms with van der Waals surface area (Å²) in [5, 5.41) is 3.09. The second-order valence-corrected chi connectivity index (χ2v) is 4.70. The predicted molar refractivity (Wildman–Crippen MR) is 78.3 cm³/mol. The molecule has 4 heteroatoms. The zero-order valence-corrected chi connectivity index (χ0v) is 12.9. The number of rotatable bonds is 13. The Morgan fingerprint density at radius 1 is 1.05 bits per heavy atom. The molecule has 1 atom stereocenters. The zero-order chi connectivity index (χ0) is 14.3. The number of likely N-dealkylation sites (N-methyl/N-ethyl adjacent to an activating group) is 1. The van der Waals surface area contributed by atoms with E-state index in [-0.39, 0.29) is 12.0 Å². The van der Waals surface area contributed by atoms with Crippen LogP contribution >= 0.6 is 0 Å². The van der Waals surface area contributed by atoms with Gasteiger partial charge in [-0.2, -0.15) is 0 Å². The summed E-state index contributed by atoms with van der Waals surface area (Å²) in [6.07, 6.45) is 7.49. The van der Waals surface area contributed by atoms with Gasteiger partial charge in [-0.1, -0.05) is 46.0 Å². The highest BCUT2D eigenvalue weighted by Gasteiger charge is 2.18. The third kappa shape index (κ3) is 11.0. The molecule has 114 valence electrons. The van der Waals surface area contributed by atoms with E-state index in [1.807, 2.05) is 13.8 Å². The summed E-state index contributed by atoms with van der Waals surface area (Å²) in [4.78, 5) is 11.6. The van der Waals surface area contributed by atoms with E-state index in [1.54, 1.807) is 0 Å². The first-order valence-electron chi connectivity index (χ1n) is 7.73. The van der Waals surface area contributed by atoms with Crippen molar-refractivity contribution in [1.82, 2.24) is 5.32 Å². The van der Waals surface area contributed by atoms with Crippen LogP contribution in [0.2, 0.25) is 0 Å². The van der Waals surface area contributed by atoms with Crippen LogP contribution in [0.3, 0.4) is 0 Å². The van der Waals surface area contributed by atoms with Crippen LogP contribution in [0.25, 0.3) is 0 Å². The van der Waals surface area contributed by atoms with E-state index in [1.165, 1.54) is 32.1 Å². The van der Waals surface area contributed by atoms with Crippen molar-refractivity contribution in [1.29, 1.82) is 0 Å². The van der Waals surface area contributed by atoms with Crippen molar-refractivity contribution in [3.8, 4) is 0 Å². The Kier molecular flexibility index (Phi) is 13.4. The molecule has 0 amide bonds. The molecule has 0 radical (unpaired) electrons. The lowest BCUT2D eigenvalue weighted by molar-refractivity contribution is -0.147. The molecule has 0 aliphatic rings. The van der Waals surface area contributed by atoms with Crippen molar-refractivity contribution in [2.75, 3.05) is 26.4 Å². The number of unbranched alkanes of at least 4 members (excludes halogenated alkanes) is 5. The van der Waals surface area contributed by atoms with Gasteiger partial charge in [0.2, 0.25) is 0 Å². The van der Waals surface area contributed by atoms with Crippen molar-refractivity contribution in [3.05, 3.63) is 0 Å². The maximum absolute atomic E-state index is 11.6. The van der Waals surface area contributed by atoms with Crippen molar-refractivity contribution in [2.24, 2.45) is 0 Å². The highest BCUT2D eigenvalue weighted by atomic mass is 16.5. The van der Waals surface area contributed by atoms with Gasteiger partial charge in [-0.25, -0.2) is 0 Å². The van der Waals surface area contributed by atoms with Gasteiger partial charge in [0, 0.05) is 6.61 Å². The fourth-order valence-electron chi connectivity index (χ4n) is 1.89. The van der Waals surface area contributed by atoms with E-state index in [2.05, 4.69) is 12.2 Å². The maximum Gasteiger partial charge on any atom is 0.325 e. The van der Waals surface area contributed by atoms with Gasteiger partial charge in [-0.15, -0.1) is 0 Å². The van der Waals surface area contributed by atoms with Crippen LogP contribution in [0.4, 0.5) is 0 Å². The minimum absolute atomic E-state index is 0.215. The summed E-state index contributed by atoms with van der Waals surface area (Å²) in [6.45, 7) is 8.30. The average Bonchev–Trinajstić information content (AvgIpc) is 2.40. The van der Waals surface area contributed by atoms with E-state index < -0.39 is 0 Å². The second-order valence-electron chi connectivity index (χ2n) is 4.70. The first-order valence-corrected chi connectivity index (χ1v) is 7.73. The number of hydrogen-bond donors (Lipinski definition) is 1. The van der Waals surface area contributed by atoms with Crippen LogP contribution in [0, 0.1) is 0 Å². The number of hydrogen-bond acceptors (Lipinski definition) is 4. The Morgan fingerprint density at radius 2 is 1.74 bits per heavy atom. The molecule has 0 heterocycles. The first-order chi connectivity index (χ1) is 9.26. The average molecular weight is 273 g/mol. The molecule has 0 rings (SSSR count). The zero-order valence-electron chi connectivity index (χ0n) is 12.9. The summed E-state index contributed by atoms with van der Waals surface area (Å²) in [6, 6.07) is -0.329. The maximum atomic E-state index is 11.6. The Morgan fingerprint density at radius 3 is 2.37 bits per heavy atom. The molecule has 1 N–H and O–H groups in total. The Labute approximate surface area is 118 Å². The smallest absolute Gasteiger partial charge is 0.325 e.